The molecule has 0 aliphatic heterocycles. The fourth-order valence-corrected chi connectivity index (χ4v) is 2.03. The molecule has 1 aromatic carbocycles. The Morgan fingerprint density at radius 2 is 2.00 bits per heavy atom. The highest BCUT2D eigenvalue weighted by atomic mass is 16.5. The number of nitrogens with one attached hydrogen (secondary N) is 1. The van der Waals surface area contributed by atoms with Gasteiger partial charge in [0.05, 0.1) is 6.10 Å². The normalized spacial score (nSPS) is 16.6. The molecule has 1 unspecified atom stereocenters. The number of methoxy groups -OCH3 is 1. The zero-order valence-corrected chi connectivity index (χ0v) is 11.3. The van der Waals surface area contributed by atoms with Gasteiger partial charge in [0, 0.05) is 19.8 Å². The molecular formula is C15H23NO2. The molecule has 3 heteroatoms. The van der Waals surface area contributed by atoms with Crippen molar-refractivity contribution in [2.24, 2.45) is 0 Å². The molecule has 1 N–H and O–H groups in total. The molecule has 2 rings (SSSR count). The van der Waals surface area contributed by atoms with Gasteiger partial charge in [-0.1, -0.05) is 19.1 Å². The highest BCUT2D eigenvalue weighted by Gasteiger charge is 2.23. The van der Waals surface area contributed by atoms with Crippen molar-refractivity contribution in [3.05, 3.63) is 29.8 Å². The zero-order chi connectivity index (χ0) is 12.8. The maximum Gasteiger partial charge on any atom is 0.119 e. The maximum atomic E-state index is 5.76. The minimum Gasteiger partial charge on any atom is -0.490 e. The Kier molecular flexibility index (Phi) is 5.02. The van der Waals surface area contributed by atoms with Crippen LogP contribution in [0.5, 0.6) is 5.75 Å². The van der Waals surface area contributed by atoms with Crippen LogP contribution in [0.25, 0.3) is 0 Å². The summed E-state index contributed by atoms with van der Waals surface area (Å²) in [4.78, 5) is 0. The molecule has 1 aliphatic carbocycles. The van der Waals surface area contributed by atoms with Crippen molar-refractivity contribution in [2.45, 2.75) is 38.3 Å². The van der Waals surface area contributed by atoms with Gasteiger partial charge in [-0.2, -0.15) is 0 Å². The molecule has 100 valence electrons. The first-order valence-electron chi connectivity index (χ1n) is 6.82. The largest absolute Gasteiger partial charge is 0.490 e. The van der Waals surface area contributed by atoms with Gasteiger partial charge in [0.1, 0.15) is 5.75 Å². The Morgan fingerprint density at radius 1 is 1.28 bits per heavy atom. The lowest BCUT2D eigenvalue weighted by Gasteiger charge is -2.18. The molecular weight excluding hydrogens is 226 g/mol. The van der Waals surface area contributed by atoms with E-state index in [9.17, 15) is 0 Å². The van der Waals surface area contributed by atoms with Crippen molar-refractivity contribution in [1.29, 1.82) is 0 Å². The molecule has 0 radical (unpaired) electrons. The number of rotatable bonds is 8. The van der Waals surface area contributed by atoms with E-state index in [1.54, 1.807) is 7.11 Å². The van der Waals surface area contributed by atoms with Crippen LogP contribution in [0.2, 0.25) is 0 Å². The third kappa shape index (κ3) is 4.00. The third-order valence-corrected chi connectivity index (χ3v) is 3.17. The van der Waals surface area contributed by atoms with E-state index >= 15 is 0 Å². The Labute approximate surface area is 109 Å². The quantitative estimate of drug-likeness (QED) is 0.768. The van der Waals surface area contributed by atoms with Gasteiger partial charge < -0.3 is 14.8 Å². The van der Waals surface area contributed by atoms with E-state index in [2.05, 4.69) is 36.5 Å². The van der Waals surface area contributed by atoms with Crippen molar-refractivity contribution in [1.82, 2.24) is 5.32 Å². The summed E-state index contributed by atoms with van der Waals surface area (Å²) in [6, 6.07) is 8.82. The van der Waals surface area contributed by atoms with Crippen LogP contribution in [0, 0.1) is 0 Å². The highest BCUT2D eigenvalue weighted by molar-refractivity contribution is 5.29. The van der Waals surface area contributed by atoms with Gasteiger partial charge in [0.15, 0.2) is 0 Å². The zero-order valence-electron chi connectivity index (χ0n) is 11.3. The monoisotopic (exact) mass is 249 g/mol. The van der Waals surface area contributed by atoms with E-state index in [0.717, 1.165) is 25.3 Å². The van der Waals surface area contributed by atoms with Crippen LogP contribution in [-0.4, -0.2) is 26.4 Å². The summed E-state index contributed by atoms with van der Waals surface area (Å²) in [6.45, 7) is 3.87. The smallest absolute Gasteiger partial charge is 0.119 e. The van der Waals surface area contributed by atoms with Crippen LogP contribution in [0.4, 0.5) is 0 Å². The van der Waals surface area contributed by atoms with Gasteiger partial charge >= 0.3 is 0 Å². The predicted octanol–water partition coefficient (Wildman–Crippen LogP) is 2.91. The van der Waals surface area contributed by atoms with Gasteiger partial charge in [-0.3, -0.25) is 0 Å². The summed E-state index contributed by atoms with van der Waals surface area (Å²) in [6.07, 6.45) is 3.87. The first-order valence-corrected chi connectivity index (χ1v) is 6.82. The van der Waals surface area contributed by atoms with E-state index in [-0.39, 0.29) is 0 Å². The Hall–Kier alpha value is -1.06. The molecule has 1 fully saturated rings. The second kappa shape index (κ2) is 6.76. The molecule has 1 aliphatic rings. The van der Waals surface area contributed by atoms with E-state index in [1.807, 2.05) is 0 Å². The van der Waals surface area contributed by atoms with Crippen LogP contribution in [-0.2, 0) is 4.74 Å². The summed E-state index contributed by atoms with van der Waals surface area (Å²) in [5, 5.41) is 3.49. The van der Waals surface area contributed by atoms with Crippen LogP contribution >= 0.6 is 0 Å². The third-order valence-electron chi connectivity index (χ3n) is 3.17. The molecule has 0 spiro atoms. The lowest BCUT2D eigenvalue weighted by Crippen LogP contribution is -2.22. The van der Waals surface area contributed by atoms with Gasteiger partial charge in [-0.05, 0) is 43.5 Å². The van der Waals surface area contributed by atoms with Crippen molar-refractivity contribution in [3.8, 4) is 5.75 Å². The fraction of sp³-hybridized carbons (Fsp3) is 0.600. The molecule has 1 atom stereocenters. The molecule has 0 saturated heterocycles. The molecule has 0 bridgehead atoms. The standard InChI is InChI=1S/C15H23NO2/c1-3-16-15(10-11-17-2)12-4-6-13(7-5-12)18-14-8-9-14/h4-7,14-16H,3,8-11H2,1-2H3. The molecule has 1 aromatic rings. The van der Waals surface area contributed by atoms with E-state index in [1.165, 1.54) is 18.4 Å². The second-order valence-electron chi connectivity index (χ2n) is 4.78. The van der Waals surface area contributed by atoms with Gasteiger partial charge in [-0.15, -0.1) is 0 Å². The molecule has 0 aromatic heterocycles. The first kappa shape index (κ1) is 13.4. The van der Waals surface area contributed by atoms with E-state index < -0.39 is 0 Å². The van der Waals surface area contributed by atoms with Crippen molar-refractivity contribution >= 4 is 0 Å². The number of hydrogen-bond acceptors (Lipinski definition) is 3. The van der Waals surface area contributed by atoms with Crippen molar-refractivity contribution in [3.63, 3.8) is 0 Å². The Morgan fingerprint density at radius 3 is 2.56 bits per heavy atom. The number of benzene rings is 1. The average Bonchev–Trinajstić information content (AvgIpc) is 3.19. The predicted molar refractivity (Wildman–Crippen MR) is 73.0 cm³/mol. The Balaban J connectivity index is 1.95. The average molecular weight is 249 g/mol. The lowest BCUT2D eigenvalue weighted by molar-refractivity contribution is 0.183. The summed E-state index contributed by atoms with van der Waals surface area (Å²) in [5.41, 5.74) is 1.30. The minimum absolute atomic E-state index is 0.366. The molecule has 3 nitrogen and oxygen atoms in total. The van der Waals surface area contributed by atoms with Gasteiger partial charge in [0.25, 0.3) is 0 Å². The van der Waals surface area contributed by atoms with Crippen LogP contribution < -0.4 is 10.1 Å². The van der Waals surface area contributed by atoms with E-state index in [0.29, 0.717) is 12.1 Å². The molecule has 0 amide bonds. The first-order chi connectivity index (χ1) is 8.83. The topological polar surface area (TPSA) is 30.5 Å². The Bertz CT molecular complexity index is 346. The second-order valence-corrected chi connectivity index (χ2v) is 4.78. The lowest BCUT2D eigenvalue weighted by atomic mass is 10.0. The molecule has 0 heterocycles. The summed E-state index contributed by atoms with van der Waals surface area (Å²) >= 11 is 0. The van der Waals surface area contributed by atoms with Crippen LogP contribution in [0.1, 0.15) is 37.8 Å². The van der Waals surface area contributed by atoms with Gasteiger partial charge in [-0.25, -0.2) is 0 Å². The van der Waals surface area contributed by atoms with Crippen molar-refractivity contribution < 1.29 is 9.47 Å². The van der Waals surface area contributed by atoms with Gasteiger partial charge in [0.2, 0.25) is 0 Å². The fourth-order valence-electron chi connectivity index (χ4n) is 2.03. The minimum atomic E-state index is 0.366. The van der Waals surface area contributed by atoms with Crippen LogP contribution in [0.15, 0.2) is 24.3 Å². The highest BCUT2D eigenvalue weighted by Crippen LogP contribution is 2.28. The summed E-state index contributed by atoms with van der Waals surface area (Å²) in [7, 11) is 1.75. The summed E-state index contributed by atoms with van der Waals surface area (Å²) in [5.74, 6) is 0.989. The van der Waals surface area contributed by atoms with Crippen LogP contribution in [0.3, 0.4) is 0 Å². The number of hydrogen-bond donors (Lipinski definition) is 1. The molecule has 1 saturated carbocycles. The summed E-state index contributed by atoms with van der Waals surface area (Å²) < 4.78 is 10.9. The molecule has 18 heavy (non-hydrogen) atoms. The number of ether oxygens (including phenoxy) is 2. The van der Waals surface area contributed by atoms with Crippen molar-refractivity contribution in [2.75, 3.05) is 20.3 Å². The SMILES string of the molecule is CCNC(CCOC)c1ccc(OC2CC2)cc1. The maximum absolute atomic E-state index is 5.76. The van der Waals surface area contributed by atoms with E-state index in [4.69, 9.17) is 9.47 Å².